The standard InChI is InChI=1S/C8H16F3NO/c1-12-7(6-13-2)4-3-5-8(9,10)11/h7,12H,3-6H2,1-2H3. The fourth-order valence-electron chi connectivity index (χ4n) is 1.06. The largest absolute Gasteiger partial charge is 0.389 e. The van der Waals surface area contributed by atoms with Crippen molar-refractivity contribution in [1.29, 1.82) is 0 Å². The van der Waals surface area contributed by atoms with Gasteiger partial charge in [0.25, 0.3) is 0 Å². The molecule has 1 atom stereocenters. The van der Waals surface area contributed by atoms with Crippen molar-refractivity contribution in [3.63, 3.8) is 0 Å². The third kappa shape index (κ3) is 8.05. The highest BCUT2D eigenvalue weighted by Gasteiger charge is 2.26. The SMILES string of the molecule is CNC(CCCC(F)(F)F)COC. The summed E-state index contributed by atoms with van der Waals surface area (Å²) >= 11 is 0. The summed E-state index contributed by atoms with van der Waals surface area (Å²) in [5.74, 6) is 0. The average molecular weight is 199 g/mol. The van der Waals surface area contributed by atoms with Crippen LogP contribution < -0.4 is 5.32 Å². The number of halogens is 3. The molecule has 0 amide bonds. The molecule has 1 N–H and O–H groups in total. The first-order valence-electron chi connectivity index (χ1n) is 4.22. The van der Waals surface area contributed by atoms with Crippen LogP contribution in [-0.4, -0.2) is 33.0 Å². The predicted molar refractivity (Wildman–Crippen MR) is 44.6 cm³/mol. The third-order valence-electron chi connectivity index (χ3n) is 1.79. The first-order valence-corrected chi connectivity index (χ1v) is 4.22. The molecular formula is C8H16F3NO. The highest BCUT2D eigenvalue weighted by atomic mass is 19.4. The van der Waals surface area contributed by atoms with Gasteiger partial charge in [-0.05, 0) is 19.9 Å². The Morgan fingerprint density at radius 1 is 1.38 bits per heavy atom. The van der Waals surface area contributed by atoms with Crippen LogP contribution in [0, 0.1) is 0 Å². The lowest BCUT2D eigenvalue weighted by Gasteiger charge is -2.15. The van der Waals surface area contributed by atoms with Crippen LogP contribution in [0.4, 0.5) is 13.2 Å². The van der Waals surface area contributed by atoms with Crippen molar-refractivity contribution < 1.29 is 17.9 Å². The molecule has 0 saturated carbocycles. The third-order valence-corrected chi connectivity index (χ3v) is 1.79. The molecule has 0 saturated heterocycles. The molecule has 0 bridgehead atoms. The van der Waals surface area contributed by atoms with Crippen LogP contribution in [0.1, 0.15) is 19.3 Å². The summed E-state index contributed by atoms with van der Waals surface area (Å²) < 4.78 is 40.1. The lowest BCUT2D eigenvalue weighted by molar-refractivity contribution is -0.136. The van der Waals surface area contributed by atoms with Crippen LogP contribution in [0.25, 0.3) is 0 Å². The molecule has 0 rings (SSSR count). The summed E-state index contributed by atoms with van der Waals surface area (Å²) in [7, 11) is 3.26. The minimum absolute atomic E-state index is 0.0207. The molecule has 0 heterocycles. The number of alkyl halides is 3. The second-order valence-electron chi connectivity index (χ2n) is 2.95. The normalized spacial score (nSPS) is 14.5. The van der Waals surface area contributed by atoms with Gasteiger partial charge in [0.1, 0.15) is 0 Å². The van der Waals surface area contributed by atoms with Gasteiger partial charge in [0.2, 0.25) is 0 Å². The van der Waals surface area contributed by atoms with E-state index in [0.717, 1.165) is 0 Å². The van der Waals surface area contributed by atoms with E-state index in [0.29, 0.717) is 13.0 Å². The molecule has 2 nitrogen and oxygen atoms in total. The average Bonchev–Trinajstić information content (AvgIpc) is 2.01. The summed E-state index contributed by atoms with van der Waals surface area (Å²) in [5.41, 5.74) is 0. The molecule has 0 aliphatic rings. The second-order valence-corrected chi connectivity index (χ2v) is 2.95. The van der Waals surface area contributed by atoms with Crippen LogP contribution in [0.3, 0.4) is 0 Å². The molecule has 80 valence electrons. The lowest BCUT2D eigenvalue weighted by atomic mass is 10.1. The Hall–Kier alpha value is -0.290. The van der Waals surface area contributed by atoms with Crippen molar-refractivity contribution in [3.05, 3.63) is 0 Å². The van der Waals surface area contributed by atoms with Crippen LogP contribution in [0.15, 0.2) is 0 Å². The van der Waals surface area contributed by atoms with Crippen molar-refractivity contribution >= 4 is 0 Å². The fraction of sp³-hybridized carbons (Fsp3) is 1.00. The predicted octanol–water partition coefficient (Wildman–Crippen LogP) is 1.95. The van der Waals surface area contributed by atoms with E-state index in [2.05, 4.69) is 5.32 Å². The minimum Gasteiger partial charge on any atom is -0.383 e. The van der Waals surface area contributed by atoms with Gasteiger partial charge < -0.3 is 10.1 Å². The minimum atomic E-state index is -4.04. The number of ether oxygens (including phenoxy) is 1. The van der Waals surface area contributed by atoms with Gasteiger partial charge >= 0.3 is 6.18 Å². The van der Waals surface area contributed by atoms with E-state index in [-0.39, 0.29) is 12.5 Å². The van der Waals surface area contributed by atoms with Crippen molar-refractivity contribution in [3.8, 4) is 0 Å². The van der Waals surface area contributed by atoms with Gasteiger partial charge in [-0.1, -0.05) is 0 Å². The number of nitrogens with one attached hydrogen (secondary N) is 1. The molecule has 0 aromatic carbocycles. The summed E-state index contributed by atoms with van der Waals surface area (Å²) in [6, 6.07) is 0.0207. The molecule has 5 heteroatoms. The zero-order valence-electron chi connectivity index (χ0n) is 7.95. The van der Waals surface area contributed by atoms with E-state index in [1.54, 1.807) is 7.05 Å². The Labute approximate surface area is 76.5 Å². The van der Waals surface area contributed by atoms with Gasteiger partial charge in [-0.25, -0.2) is 0 Å². The smallest absolute Gasteiger partial charge is 0.383 e. The fourth-order valence-corrected chi connectivity index (χ4v) is 1.06. The summed E-state index contributed by atoms with van der Waals surface area (Å²) in [6.45, 7) is 0.453. The molecule has 0 fully saturated rings. The number of rotatable bonds is 6. The van der Waals surface area contributed by atoms with Gasteiger partial charge in [-0.3, -0.25) is 0 Å². The molecule has 0 aliphatic carbocycles. The number of hydrogen-bond acceptors (Lipinski definition) is 2. The van der Waals surface area contributed by atoms with E-state index < -0.39 is 12.6 Å². The maximum atomic E-state index is 11.7. The topological polar surface area (TPSA) is 21.3 Å². The Bertz CT molecular complexity index is 127. The Morgan fingerprint density at radius 3 is 2.38 bits per heavy atom. The molecule has 0 aromatic rings. The van der Waals surface area contributed by atoms with Gasteiger partial charge in [0.05, 0.1) is 6.61 Å². The van der Waals surface area contributed by atoms with E-state index in [1.807, 2.05) is 0 Å². The molecule has 0 radical (unpaired) electrons. The highest BCUT2D eigenvalue weighted by Crippen LogP contribution is 2.22. The second kappa shape index (κ2) is 6.21. The zero-order chi connectivity index (χ0) is 10.3. The van der Waals surface area contributed by atoms with Gasteiger partial charge in [-0.2, -0.15) is 13.2 Å². The maximum absolute atomic E-state index is 11.7. The molecule has 1 unspecified atom stereocenters. The quantitative estimate of drug-likeness (QED) is 0.706. The molecule has 0 aromatic heterocycles. The van der Waals surface area contributed by atoms with E-state index in [4.69, 9.17) is 4.74 Å². The number of methoxy groups -OCH3 is 1. The van der Waals surface area contributed by atoms with Crippen molar-refractivity contribution in [1.82, 2.24) is 5.32 Å². The molecule has 0 spiro atoms. The first-order chi connectivity index (χ1) is 5.99. The van der Waals surface area contributed by atoms with E-state index in [1.165, 1.54) is 7.11 Å². The van der Waals surface area contributed by atoms with Crippen LogP contribution in [0.5, 0.6) is 0 Å². The summed E-state index contributed by atoms with van der Waals surface area (Å²) in [4.78, 5) is 0. The zero-order valence-corrected chi connectivity index (χ0v) is 7.95. The summed E-state index contributed by atoms with van der Waals surface area (Å²) in [6.07, 6.45) is -4.11. The van der Waals surface area contributed by atoms with Crippen LogP contribution in [0.2, 0.25) is 0 Å². The molecular weight excluding hydrogens is 183 g/mol. The van der Waals surface area contributed by atoms with Crippen molar-refractivity contribution in [2.24, 2.45) is 0 Å². The van der Waals surface area contributed by atoms with Gasteiger partial charge in [0.15, 0.2) is 0 Å². The van der Waals surface area contributed by atoms with E-state index in [9.17, 15) is 13.2 Å². The number of hydrogen-bond donors (Lipinski definition) is 1. The Kier molecular flexibility index (Phi) is 6.07. The lowest BCUT2D eigenvalue weighted by Crippen LogP contribution is -2.30. The Morgan fingerprint density at radius 2 is 2.00 bits per heavy atom. The molecule has 13 heavy (non-hydrogen) atoms. The van der Waals surface area contributed by atoms with Crippen molar-refractivity contribution in [2.75, 3.05) is 20.8 Å². The molecule has 0 aliphatic heterocycles. The maximum Gasteiger partial charge on any atom is 0.389 e. The van der Waals surface area contributed by atoms with Crippen LogP contribution >= 0.6 is 0 Å². The Balaban J connectivity index is 3.49. The van der Waals surface area contributed by atoms with Gasteiger partial charge in [-0.15, -0.1) is 0 Å². The van der Waals surface area contributed by atoms with E-state index >= 15 is 0 Å². The van der Waals surface area contributed by atoms with Crippen LogP contribution in [-0.2, 0) is 4.74 Å². The number of likely N-dealkylation sites (N-methyl/N-ethyl adjacent to an activating group) is 1. The summed E-state index contributed by atoms with van der Waals surface area (Å²) in [5, 5.41) is 2.90. The highest BCUT2D eigenvalue weighted by molar-refractivity contribution is 4.64. The van der Waals surface area contributed by atoms with Crippen molar-refractivity contribution in [2.45, 2.75) is 31.5 Å². The van der Waals surface area contributed by atoms with Gasteiger partial charge in [0, 0.05) is 19.6 Å². The monoisotopic (exact) mass is 199 g/mol. The first kappa shape index (κ1) is 12.7.